The van der Waals surface area contributed by atoms with E-state index in [1.807, 2.05) is 91.2 Å². The Morgan fingerprint density at radius 3 is 2.77 bits per heavy atom. The minimum absolute atomic E-state index is 0.0993. The molecule has 0 radical (unpaired) electrons. The standard InChI is InChI=1S/C24H22N4O2/c1-17(2)30-21-10-5-7-18(15-21)12-13-23(29)25-20-9-6-8-19(16-20)24-27-26-22-11-3-4-14-28(22)24/h3-17H,1-2H3,(H,25,29)/b13-12+. The van der Waals surface area contributed by atoms with Gasteiger partial charge in [-0.05, 0) is 61.9 Å². The zero-order chi connectivity index (χ0) is 20.9. The normalized spacial score (nSPS) is 11.3. The maximum atomic E-state index is 12.4. The number of fused-ring (bicyclic) bond motifs is 1. The lowest BCUT2D eigenvalue weighted by Gasteiger charge is -2.09. The number of amides is 1. The summed E-state index contributed by atoms with van der Waals surface area (Å²) in [5.41, 5.74) is 3.22. The predicted molar refractivity (Wildman–Crippen MR) is 118 cm³/mol. The van der Waals surface area contributed by atoms with E-state index < -0.39 is 0 Å². The number of rotatable bonds is 6. The van der Waals surface area contributed by atoms with Crippen molar-refractivity contribution in [1.29, 1.82) is 0 Å². The van der Waals surface area contributed by atoms with Gasteiger partial charge in [0.15, 0.2) is 11.5 Å². The van der Waals surface area contributed by atoms with E-state index in [1.54, 1.807) is 6.08 Å². The molecule has 0 saturated carbocycles. The number of hydrogen-bond donors (Lipinski definition) is 1. The average molecular weight is 398 g/mol. The molecular formula is C24H22N4O2. The second-order valence-corrected chi connectivity index (χ2v) is 7.09. The zero-order valence-corrected chi connectivity index (χ0v) is 16.8. The minimum Gasteiger partial charge on any atom is -0.491 e. The fourth-order valence-electron chi connectivity index (χ4n) is 3.09. The van der Waals surface area contributed by atoms with Crippen LogP contribution in [0, 0.1) is 0 Å². The van der Waals surface area contributed by atoms with Gasteiger partial charge in [0, 0.05) is 23.5 Å². The number of pyridine rings is 1. The summed E-state index contributed by atoms with van der Waals surface area (Å²) in [4.78, 5) is 12.4. The summed E-state index contributed by atoms with van der Waals surface area (Å²) in [6.07, 6.45) is 5.28. The first-order valence-electron chi connectivity index (χ1n) is 9.74. The van der Waals surface area contributed by atoms with E-state index in [-0.39, 0.29) is 12.0 Å². The van der Waals surface area contributed by atoms with Crippen molar-refractivity contribution in [3.63, 3.8) is 0 Å². The molecule has 0 aliphatic heterocycles. The van der Waals surface area contributed by atoms with Gasteiger partial charge in [-0.1, -0.05) is 30.3 Å². The average Bonchev–Trinajstić information content (AvgIpc) is 3.16. The van der Waals surface area contributed by atoms with Crippen molar-refractivity contribution in [3.05, 3.63) is 84.6 Å². The lowest BCUT2D eigenvalue weighted by Crippen LogP contribution is -2.08. The fourth-order valence-corrected chi connectivity index (χ4v) is 3.09. The third-order valence-corrected chi connectivity index (χ3v) is 4.36. The summed E-state index contributed by atoms with van der Waals surface area (Å²) < 4.78 is 7.60. The zero-order valence-electron chi connectivity index (χ0n) is 16.8. The van der Waals surface area contributed by atoms with Gasteiger partial charge in [0.2, 0.25) is 5.91 Å². The van der Waals surface area contributed by atoms with Crippen LogP contribution in [0.2, 0.25) is 0 Å². The summed E-state index contributed by atoms with van der Waals surface area (Å²) >= 11 is 0. The van der Waals surface area contributed by atoms with Gasteiger partial charge in [0.1, 0.15) is 5.75 Å². The van der Waals surface area contributed by atoms with Gasteiger partial charge in [-0.15, -0.1) is 10.2 Å². The first-order chi connectivity index (χ1) is 14.6. The van der Waals surface area contributed by atoms with Crippen molar-refractivity contribution in [1.82, 2.24) is 14.6 Å². The lowest BCUT2D eigenvalue weighted by atomic mass is 10.1. The molecule has 2 aromatic carbocycles. The monoisotopic (exact) mass is 398 g/mol. The number of carbonyl (C=O) groups excluding carboxylic acids is 1. The van der Waals surface area contributed by atoms with Crippen molar-refractivity contribution in [2.24, 2.45) is 0 Å². The van der Waals surface area contributed by atoms with E-state index in [1.165, 1.54) is 6.08 Å². The maximum Gasteiger partial charge on any atom is 0.248 e. The molecule has 6 heteroatoms. The Balaban J connectivity index is 1.48. The van der Waals surface area contributed by atoms with Crippen LogP contribution >= 0.6 is 0 Å². The largest absolute Gasteiger partial charge is 0.491 e. The van der Waals surface area contributed by atoms with Crippen molar-refractivity contribution in [2.45, 2.75) is 20.0 Å². The lowest BCUT2D eigenvalue weighted by molar-refractivity contribution is -0.111. The molecule has 0 aliphatic rings. The Morgan fingerprint density at radius 2 is 1.90 bits per heavy atom. The molecule has 4 rings (SSSR count). The Kier molecular flexibility index (Phi) is 5.57. The number of aromatic nitrogens is 3. The number of ether oxygens (including phenoxy) is 1. The molecule has 0 atom stereocenters. The summed E-state index contributed by atoms with van der Waals surface area (Å²) in [6.45, 7) is 3.96. The maximum absolute atomic E-state index is 12.4. The second-order valence-electron chi connectivity index (χ2n) is 7.09. The van der Waals surface area contributed by atoms with Crippen molar-refractivity contribution in [3.8, 4) is 17.1 Å². The Bertz CT molecular complexity index is 1210. The molecule has 0 saturated heterocycles. The van der Waals surface area contributed by atoms with E-state index in [0.717, 1.165) is 28.3 Å². The van der Waals surface area contributed by atoms with Crippen LogP contribution < -0.4 is 10.1 Å². The van der Waals surface area contributed by atoms with E-state index in [2.05, 4.69) is 15.5 Å². The predicted octanol–water partition coefficient (Wildman–Crippen LogP) is 4.84. The first kappa shape index (κ1) is 19.4. The smallest absolute Gasteiger partial charge is 0.248 e. The fraction of sp³-hybridized carbons (Fsp3) is 0.125. The molecule has 0 fully saturated rings. The molecular weight excluding hydrogens is 376 g/mol. The highest BCUT2D eigenvalue weighted by Crippen LogP contribution is 2.22. The minimum atomic E-state index is -0.214. The molecule has 0 aliphatic carbocycles. The highest BCUT2D eigenvalue weighted by Gasteiger charge is 2.08. The Morgan fingerprint density at radius 1 is 1.03 bits per heavy atom. The van der Waals surface area contributed by atoms with Gasteiger partial charge in [0.05, 0.1) is 6.10 Å². The van der Waals surface area contributed by atoms with E-state index in [4.69, 9.17) is 4.74 Å². The van der Waals surface area contributed by atoms with E-state index >= 15 is 0 Å². The highest BCUT2D eigenvalue weighted by atomic mass is 16.5. The molecule has 0 bridgehead atoms. The molecule has 0 unspecified atom stereocenters. The molecule has 6 nitrogen and oxygen atoms in total. The molecule has 30 heavy (non-hydrogen) atoms. The molecule has 1 amide bonds. The van der Waals surface area contributed by atoms with Gasteiger partial charge in [-0.3, -0.25) is 9.20 Å². The number of nitrogens with one attached hydrogen (secondary N) is 1. The van der Waals surface area contributed by atoms with Crippen molar-refractivity contribution >= 4 is 23.3 Å². The van der Waals surface area contributed by atoms with Gasteiger partial charge in [-0.2, -0.15) is 0 Å². The van der Waals surface area contributed by atoms with Crippen LogP contribution in [0.15, 0.2) is 79.0 Å². The third-order valence-electron chi connectivity index (χ3n) is 4.36. The SMILES string of the molecule is CC(C)Oc1cccc(/C=C/C(=O)Nc2cccc(-c3nnc4ccccn34)c2)c1. The van der Waals surface area contributed by atoms with Crippen molar-refractivity contribution < 1.29 is 9.53 Å². The van der Waals surface area contributed by atoms with Gasteiger partial charge >= 0.3 is 0 Å². The van der Waals surface area contributed by atoms with Crippen molar-refractivity contribution in [2.75, 3.05) is 5.32 Å². The molecule has 2 heterocycles. The molecule has 150 valence electrons. The number of hydrogen-bond acceptors (Lipinski definition) is 4. The van der Waals surface area contributed by atoms with E-state index in [9.17, 15) is 4.79 Å². The van der Waals surface area contributed by atoms with Crippen LogP contribution in [0.1, 0.15) is 19.4 Å². The number of anilines is 1. The first-order valence-corrected chi connectivity index (χ1v) is 9.74. The quantitative estimate of drug-likeness (QED) is 0.472. The van der Waals surface area contributed by atoms with Crippen LogP contribution in [-0.4, -0.2) is 26.6 Å². The molecule has 0 spiro atoms. The van der Waals surface area contributed by atoms with Gasteiger partial charge in [-0.25, -0.2) is 0 Å². The van der Waals surface area contributed by atoms with Crippen LogP contribution in [0.4, 0.5) is 5.69 Å². The second kappa shape index (κ2) is 8.61. The van der Waals surface area contributed by atoms with E-state index in [0.29, 0.717) is 5.69 Å². The van der Waals surface area contributed by atoms with Gasteiger partial charge < -0.3 is 10.1 Å². The Hall–Kier alpha value is -3.93. The summed E-state index contributed by atoms with van der Waals surface area (Å²) in [5, 5.41) is 11.3. The third kappa shape index (κ3) is 4.55. The van der Waals surface area contributed by atoms with Crippen LogP contribution in [0.3, 0.4) is 0 Å². The number of benzene rings is 2. The Labute approximate surface area is 174 Å². The summed E-state index contributed by atoms with van der Waals surface area (Å²) in [6, 6.07) is 20.9. The highest BCUT2D eigenvalue weighted by molar-refractivity contribution is 6.02. The molecule has 1 N–H and O–H groups in total. The van der Waals surface area contributed by atoms with Gasteiger partial charge in [0.25, 0.3) is 0 Å². The topological polar surface area (TPSA) is 68.5 Å². The summed E-state index contributed by atoms with van der Waals surface area (Å²) in [7, 11) is 0. The molecule has 2 aromatic heterocycles. The van der Waals surface area contributed by atoms with Crippen LogP contribution in [0.5, 0.6) is 5.75 Å². The van der Waals surface area contributed by atoms with Crippen LogP contribution in [-0.2, 0) is 4.79 Å². The summed E-state index contributed by atoms with van der Waals surface area (Å²) in [5.74, 6) is 1.29. The molecule has 4 aromatic rings. The van der Waals surface area contributed by atoms with Crippen LogP contribution in [0.25, 0.3) is 23.1 Å². The number of carbonyl (C=O) groups is 1. The number of nitrogens with zero attached hydrogens (tertiary/aromatic N) is 3.